The molecule has 1 aromatic carbocycles. The molecule has 1 atom stereocenters. The summed E-state index contributed by atoms with van der Waals surface area (Å²) in [6.45, 7) is 2.58. The number of rotatable bonds is 5. The summed E-state index contributed by atoms with van der Waals surface area (Å²) in [5, 5.41) is 15.3. The zero-order valence-electron chi connectivity index (χ0n) is 12.0. The van der Waals surface area contributed by atoms with E-state index >= 15 is 0 Å². The number of benzene rings is 1. The lowest BCUT2D eigenvalue weighted by molar-refractivity contribution is 0.115. The fourth-order valence-corrected chi connectivity index (χ4v) is 3.10. The van der Waals surface area contributed by atoms with E-state index < -0.39 is 16.3 Å². The van der Waals surface area contributed by atoms with Crippen molar-refractivity contribution in [2.75, 3.05) is 24.4 Å². The number of nitrogens with zero attached hydrogens (tertiary/aromatic N) is 1. The van der Waals surface area contributed by atoms with Crippen molar-refractivity contribution in [3.8, 4) is 0 Å². The van der Waals surface area contributed by atoms with Gasteiger partial charge in [-0.1, -0.05) is 32.4 Å². The Labute approximate surface area is 133 Å². The molecule has 4 N–H and O–H groups in total. The van der Waals surface area contributed by atoms with Gasteiger partial charge in [0.1, 0.15) is 0 Å². The molecule has 0 spiro atoms. The van der Waals surface area contributed by atoms with Crippen LogP contribution in [0.25, 0.3) is 0 Å². The summed E-state index contributed by atoms with van der Waals surface area (Å²) in [6, 6.07) is 6.71. The standard InChI is InChI=1S/C14H23N3O3S.CH4/c15-21(19,20)16-13-7-5-6-12(10-13)14(18)11-17-8-3-1-2-4-9-17;/h5-7,10,14,16,18H,1-4,8-9,11H2,(H2,15,19,20);1H4. The van der Waals surface area contributed by atoms with Gasteiger partial charge < -0.3 is 10.0 Å². The first kappa shape index (κ1) is 18.9. The van der Waals surface area contributed by atoms with Gasteiger partial charge in [0.15, 0.2) is 0 Å². The molecule has 0 radical (unpaired) electrons. The maximum atomic E-state index is 11.0. The van der Waals surface area contributed by atoms with Crippen molar-refractivity contribution in [3.05, 3.63) is 29.8 Å². The van der Waals surface area contributed by atoms with Gasteiger partial charge in [0.2, 0.25) is 0 Å². The van der Waals surface area contributed by atoms with Crippen LogP contribution in [0.2, 0.25) is 0 Å². The molecular weight excluding hydrogens is 302 g/mol. The predicted octanol–water partition coefficient (Wildman–Crippen LogP) is 1.85. The second-order valence-corrected chi connectivity index (χ2v) is 6.80. The molecule has 0 aromatic heterocycles. The Bertz CT molecular complexity index is 555. The molecule has 1 unspecified atom stereocenters. The zero-order valence-corrected chi connectivity index (χ0v) is 12.8. The van der Waals surface area contributed by atoms with Crippen LogP contribution in [0.15, 0.2) is 24.3 Å². The molecule has 0 aliphatic carbocycles. The SMILES string of the molecule is C.NS(=O)(=O)Nc1cccc(C(O)CN2CCCCCC2)c1. The van der Waals surface area contributed by atoms with Gasteiger partial charge in [0.25, 0.3) is 10.2 Å². The van der Waals surface area contributed by atoms with E-state index in [1.54, 1.807) is 24.3 Å². The monoisotopic (exact) mass is 329 g/mol. The average molecular weight is 329 g/mol. The number of β-amino-alcohol motifs (C(OH)–C–C–N with tert-alkyl or cyclic N) is 1. The Morgan fingerprint density at radius 1 is 1.23 bits per heavy atom. The lowest BCUT2D eigenvalue weighted by Gasteiger charge is -2.23. The van der Waals surface area contributed by atoms with Crippen molar-refractivity contribution in [1.82, 2.24) is 4.90 Å². The lowest BCUT2D eigenvalue weighted by Crippen LogP contribution is -2.29. The van der Waals surface area contributed by atoms with Crippen LogP contribution in [0.4, 0.5) is 5.69 Å². The minimum atomic E-state index is -3.79. The van der Waals surface area contributed by atoms with Gasteiger partial charge in [0.05, 0.1) is 11.8 Å². The highest BCUT2D eigenvalue weighted by molar-refractivity contribution is 7.90. The maximum Gasteiger partial charge on any atom is 0.296 e. The summed E-state index contributed by atoms with van der Waals surface area (Å²) >= 11 is 0. The van der Waals surface area contributed by atoms with E-state index in [-0.39, 0.29) is 7.43 Å². The van der Waals surface area contributed by atoms with Crippen LogP contribution < -0.4 is 9.86 Å². The van der Waals surface area contributed by atoms with E-state index in [0.717, 1.165) is 13.1 Å². The van der Waals surface area contributed by atoms with Crippen LogP contribution in [0.3, 0.4) is 0 Å². The second-order valence-electron chi connectivity index (χ2n) is 5.50. The highest BCUT2D eigenvalue weighted by Crippen LogP contribution is 2.20. The van der Waals surface area contributed by atoms with Gasteiger partial charge >= 0.3 is 0 Å². The third-order valence-corrected chi connectivity index (χ3v) is 4.18. The molecular formula is C15H27N3O3S. The smallest absolute Gasteiger partial charge is 0.296 e. The number of nitrogens with two attached hydrogens (primary N) is 1. The van der Waals surface area contributed by atoms with Crippen LogP contribution >= 0.6 is 0 Å². The highest BCUT2D eigenvalue weighted by atomic mass is 32.2. The number of aliphatic hydroxyl groups is 1. The molecule has 126 valence electrons. The van der Waals surface area contributed by atoms with Gasteiger partial charge in [-0.15, -0.1) is 0 Å². The molecule has 1 saturated heterocycles. The summed E-state index contributed by atoms with van der Waals surface area (Å²) < 4.78 is 24.3. The van der Waals surface area contributed by atoms with Crippen LogP contribution in [-0.2, 0) is 10.2 Å². The summed E-state index contributed by atoms with van der Waals surface area (Å²) in [5.41, 5.74) is 1.05. The molecule has 2 rings (SSSR count). The molecule has 22 heavy (non-hydrogen) atoms. The van der Waals surface area contributed by atoms with E-state index in [1.807, 2.05) is 0 Å². The summed E-state index contributed by atoms with van der Waals surface area (Å²) in [6.07, 6.45) is 4.20. The van der Waals surface area contributed by atoms with E-state index in [1.165, 1.54) is 25.7 Å². The van der Waals surface area contributed by atoms with Crippen LogP contribution in [0.1, 0.15) is 44.8 Å². The van der Waals surface area contributed by atoms with Crippen molar-refractivity contribution >= 4 is 15.9 Å². The van der Waals surface area contributed by atoms with Gasteiger partial charge in [-0.05, 0) is 43.6 Å². The van der Waals surface area contributed by atoms with Crippen LogP contribution in [0.5, 0.6) is 0 Å². The molecule has 1 fully saturated rings. The molecule has 0 amide bonds. The van der Waals surface area contributed by atoms with E-state index in [4.69, 9.17) is 5.14 Å². The number of hydrogen-bond acceptors (Lipinski definition) is 4. The fourth-order valence-electron chi connectivity index (χ4n) is 2.64. The average Bonchev–Trinajstić information content (AvgIpc) is 2.65. The predicted molar refractivity (Wildman–Crippen MR) is 89.8 cm³/mol. The molecule has 0 saturated carbocycles. The summed E-state index contributed by atoms with van der Waals surface area (Å²) in [4.78, 5) is 2.26. The van der Waals surface area contributed by atoms with Gasteiger partial charge in [-0.3, -0.25) is 4.72 Å². The van der Waals surface area contributed by atoms with E-state index in [9.17, 15) is 13.5 Å². The van der Waals surface area contributed by atoms with Gasteiger partial charge in [0, 0.05) is 6.54 Å². The number of anilines is 1. The van der Waals surface area contributed by atoms with Gasteiger partial charge in [-0.25, -0.2) is 5.14 Å². The first-order valence-electron chi connectivity index (χ1n) is 7.25. The van der Waals surface area contributed by atoms with Crippen molar-refractivity contribution in [3.63, 3.8) is 0 Å². The Balaban J connectivity index is 0.00000242. The van der Waals surface area contributed by atoms with Crippen molar-refractivity contribution < 1.29 is 13.5 Å². The molecule has 1 aliphatic rings. The van der Waals surface area contributed by atoms with Crippen molar-refractivity contribution in [2.45, 2.75) is 39.2 Å². The number of aliphatic hydroxyl groups excluding tert-OH is 1. The molecule has 1 aliphatic heterocycles. The summed E-state index contributed by atoms with van der Waals surface area (Å²) in [5.74, 6) is 0. The lowest BCUT2D eigenvalue weighted by atomic mass is 10.1. The molecule has 7 heteroatoms. The van der Waals surface area contributed by atoms with Crippen molar-refractivity contribution in [1.29, 1.82) is 0 Å². The topological polar surface area (TPSA) is 95.7 Å². The largest absolute Gasteiger partial charge is 0.387 e. The highest BCUT2D eigenvalue weighted by Gasteiger charge is 2.15. The van der Waals surface area contributed by atoms with Crippen LogP contribution in [-0.4, -0.2) is 38.1 Å². The van der Waals surface area contributed by atoms with E-state index in [2.05, 4.69) is 9.62 Å². The third-order valence-electron chi connectivity index (χ3n) is 3.66. The van der Waals surface area contributed by atoms with Gasteiger partial charge in [-0.2, -0.15) is 8.42 Å². The van der Waals surface area contributed by atoms with E-state index in [0.29, 0.717) is 17.8 Å². The quantitative estimate of drug-likeness (QED) is 0.768. The Morgan fingerprint density at radius 2 is 1.86 bits per heavy atom. The molecule has 0 bridgehead atoms. The molecule has 1 heterocycles. The fraction of sp³-hybridized carbons (Fsp3) is 0.600. The number of nitrogens with one attached hydrogen (secondary N) is 1. The molecule has 1 aromatic rings. The second kappa shape index (κ2) is 8.47. The zero-order chi connectivity index (χ0) is 15.3. The Hall–Kier alpha value is -1.15. The maximum absolute atomic E-state index is 11.0. The normalized spacial score (nSPS) is 18.1. The minimum absolute atomic E-state index is 0. The Kier molecular flexibility index (Phi) is 7.28. The number of hydrogen-bond donors (Lipinski definition) is 3. The van der Waals surface area contributed by atoms with Crippen LogP contribution in [0, 0.1) is 0 Å². The minimum Gasteiger partial charge on any atom is -0.387 e. The first-order chi connectivity index (χ1) is 9.94. The number of likely N-dealkylation sites (tertiary alicyclic amines) is 1. The third kappa shape index (κ3) is 6.31. The summed E-state index contributed by atoms with van der Waals surface area (Å²) in [7, 11) is -3.79. The van der Waals surface area contributed by atoms with Crippen molar-refractivity contribution in [2.24, 2.45) is 5.14 Å². The first-order valence-corrected chi connectivity index (χ1v) is 8.79. The molecule has 6 nitrogen and oxygen atoms in total. The Morgan fingerprint density at radius 3 is 2.45 bits per heavy atom.